The fraction of sp³-hybridized carbons (Fsp3) is 0.526. The second kappa shape index (κ2) is 4.53. The highest BCUT2D eigenvalue weighted by atomic mass is 16.5. The Kier molecular flexibility index (Phi) is 2.65. The number of carbonyl (C=O) groups excluding carboxylic acids is 1. The van der Waals surface area contributed by atoms with Crippen molar-refractivity contribution in [1.29, 1.82) is 0 Å². The third-order valence-corrected chi connectivity index (χ3v) is 6.37. The Bertz CT molecular complexity index is 726. The molecule has 4 nitrogen and oxygen atoms in total. The van der Waals surface area contributed by atoms with Gasteiger partial charge in [-0.25, -0.2) is 0 Å². The monoisotopic (exact) mass is 311 g/mol. The standard InChI is InChI=1S/C19H21NO3/c1-22-14-8-10-5-6-20-18(13(10)9-15(14)23-2)16-11-3-4-12(7-11)17(16)19(20)21/h3-4,8-9,11-12,16-18H,5-7H2,1-2H3/t11-,12+,16-,17+,18+/m1/s1. The van der Waals surface area contributed by atoms with Gasteiger partial charge in [-0.3, -0.25) is 4.79 Å². The maximum absolute atomic E-state index is 12.9. The van der Waals surface area contributed by atoms with Crippen molar-refractivity contribution in [2.24, 2.45) is 23.7 Å². The number of carbonyl (C=O) groups is 1. The Labute approximate surface area is 136 Å². The number of fused-ring (bicyclic) bond motifs is 9. The van der Waals surface area contributed by atoms with E-state index in [1.165, 1.54) is 11.1 Å². The fourth-order valence-corrected chi connectivity index (χ4v) is 5.47. The van der Waals surface area contributed by atoms with Gasteiger partial charge in [0.15, 0.2) is 11.5 Å². The van der Waals surface area contributed by atoms with Crippen molar-refractivity contribution >= 4 is 5.91 Å². The van der Waals surface area contributed by atoms with Gasteiger partial charge in [0.1, 0.15) is 0 Å². The van der Waals surface area contributed by atoms with E-state index in [0.29, 0.717) is 23.7 Å². The number of nitrogens with zero attached hydrogens (tertiary/aromatic N) is 1. The molecule has 0 aromatic heterocycles. The zero-order chi connectivity index (χ0) is 15.7. The van der Waals surface area contributed by atoms with Crippen LogP contribution in [0, 0.1) is 23.7 Å². The molecule has 5 rings (SSSR count). The number of rotatable bonds is 2. The Morgan fingerprint density at radius 1 is 1.09 bits per heavy atom. The first-order valence-corrected chi connectivity index (χ1v) is 8.46. The molecule has 1 saturated heterocycles. The van der Waals surface area contributed by atoms with Gasteiger partial charge in [0.05, 0.1) is 26.2 Å². The fourth-order valence-electron chi connectivity index (χ4n) is 5.47. The van der Waals surface area contributed by atoms with E-state index < -0.39 is 0 Å². The van der Waals surface area contributed by atoms with Crippen LogP contribution in [0.25, 0.3) is 0 Å². The zero-order valence-electron chi connectivity index (χ0n) is 13.5. The van der Waals surface area contributed by atoms with Crippen LogP contribution in [-0.2, 0) is 11.2 Å². The normalized spacial score (nSPS) is 36.0. The first kappa shape index (κ1) is 13.5. The topological polar surface area (TPSA) is 38.8 Å². The van der Waals surface area contributed by atoms with Crippen LogP contribution >= 0.6 is 0 Å². The summed E-state index contributed by atoms with van der Waals surface area (Å²) < 4.78 is 11.0. The molecule has 120 valence electrons. The predicted octanol–water partition coefficient (Wildman–Crippen LogP) is 2.58. The van der Waals surface area contributed by atoms with Gasteiger partial charge in [-0.1, -0.05) is 12.2 Å². The van der Waals surface area contributed by atoms with Crippen molar-refractivity contribution in [2.75, 3.05) is 20.8 Å². The molecule has 4 heteroatoms. The molecule has 4 aliphatic rings. The van der Waals surface area contributed by atoms with Crippen LogP contribution in [-0.4, -0.2) is 31.6 Å². The van der Waals surface area contributed by atoms with Crippen LogP contribution in [0.3, 0.4) is 0 Å². The number of benzene rings is 1. The molecule has 1 saturated carbocycles. The number of hydrogen-bond donors (Lipinski definition) is 0. The average Bonchev–Trinajstić information content (AvgIpc) is 3.26. The maximum atomic E-state index is 12.9. The SMILES string of the molecule is COc1cc2c(cc1OC)[C@H]1[C@H]3[C@@H](C(=O)N1CC2)[C@H]1C=C[C@@H]3C1. The lowest BCUT2D eigenvalue weighted by Crippen LogP contribution is -2.37. The predicted molar refractivity (Wildman–Crippen MR) is 85.4 cm³/mol. The lowest BCUT2D eigenvalue weighted by molar-refractivity contribution is -0.133. The smallest absolute Gasteiger partial charge is 0.227 e. The molecule has 2 bridgehead atoms. The Morgan fingerprint density at radius 3 is 2.61 bits per heavy atom. The van der Waals surface area contributed by atoms with Gasteiger partial charge in [0, 0.05) is 12.5 Å². The molecule has 23 heavy (non-hydrogen) atoms. The van der Waals surface area contributed by atoms with Crippen molar-refractivity contribution in [3.63, 3.8) is 0 Å². The Balaban J connectivity index is 1.65. The molecule has 0 radical (unpaired) electrons. The third kappa shape index (κ3) is 1.59. The lowest BCUT2D eigenvalue weighted by Gasteiger charge is -2.36. The van der Waals surface area contributed by atoms with Gasteiger partial charge in [-0.05, 0) is 47.9 Å². The largest absolute Gasteiger partial charge is 0.493 e. The van der Waals surface area contributed by atoms with E-state index in [9.17, 15) is 4.79 Å². The highest BCUT2D eigenvalue weighted by Gasteiger charge is 2.60. The van der Waals surface area contributed by atoms with Crippen LogP contribution in [0.2, 0.25) is 0 Å². The minimum absolute atomic E-state index is 0.203. The molecule has 2 fully saturated rings. The summed E-state index contributed by atoms with van der Waals surface area (Å²) in [7, 11) is 3.35. The third-order valence-electron chi connectivity index (χ3n) is 6.37. The molecule has 0 spiro atoms. The molecular weight excluding hydrogens is 290 g/mol. The summed E-state index contributed by atoms with van der Waals surface area (Å²) in [6.07, 6.45) is 6.68. The van der Waals surface area contributed by atoms with E-state index >= 15 is 0 Å². The van der Waals surface area contributed by atoms with Crippen molar-refractivity contribution in [3.05, 3.63) is 35.4 Å². The number of methoxy groups -OCH3 is 2. The van der Waals surface area contributed by atoms with Crippen LogP contribution in [0.5, 0.6) is 11.5 Å². The van der Waals surface area contributed by atoms with Crippen LogP contribution in [0.4, 0.5) is 0 Å². The highest BCUT2D eigenvalue weighted by Crippen LogP contribution is 2.60. The minimum Gasteiger partial charge on any atom is -0.493 e. The van der Waals surface area contributed by atoms with Crippen molar-refractivity contribution in [1.82, 2.24) is 4.90 Å². The Hall–Kier alpha value is -1.97. The van der Waals surface area contributed by atoms with Crippen molar-refractivity contribution in [3.8, 4) is 11.5 Å². The van der Waals surface area contributed by atoms with E-state index in [2.05, 4.69) is 29.2 Å². The molecule has 2 heterocycles. The van der Waals surface area contributed by atoms with Gasteiger partial charge in [0.2, 0.25) is 5.91 Å². The molecule has 0 unspecified atom stereocenters. The van der Waals surface area contributed by atoms with Crippen molar-refractivity contribution < 1.29 is 14.3 Å². The summed E-state index contributed by atoms with van der Waals surface area (Å²) in [4.78, 5) is 15.1. The number of allylic oxidation sites excluding steroid dienone is 2. The number of hydrogen-bond acceptors (Lipinski definition) is 3. The molecule has 2 aliphatic heterocycles. The zero-order valence-corrected chi connectivity index (χ0v) is 13.5. The van der Waals surface area contributed by atoms with Gasteiger partial charge in [-0.2, -0.15) is 0 Å². The molecule has 1 aromatic carbocycles. The molecule has 1 amide bonds. The second-order valence-electron chi connectivity index (χ2n) is 7.18. The number of ether oxygens (including phenoxy) is 2. The van der Waals surface area contributed by atoms with Crippen LogP contribution < -0.4 is 9.47 Å². The minimum atomic E-state index is 0.203. The van der Waals surface area contributed by atoms with E-state index in [0.717, 1.165) is 30.9 Å². The summed E-state index contributed by atoms with van der Waals surface area (Å²) in [6.45, 7) is 0.832. The highest BCUT2D eigenvalue weighted by molar-refractivity contribution is 5.84. The summed E-state index contributed by atoms with van der Waals surface area (Å²) in [6, 6.07) is 4.43. The molecule has 2 aliphatic carbocycles. The summed E-state index contributed by atoms with van der Waals surface area (Å²) in [5, 5.41) is 0. The first-order valence-electron chi connectivity index (χ1n) is 8.46. The van der Waals surface area contributed by atoms with Gasteiger partial charge >= 0.3 is 0 Å². The summed E-state index contributed by atoms with van der Waals surface area (Å²) in [5.74, 6) is 3.59. The van der Waals surface area contributed by atoms with E-state index in [1.54, 1.807) is 14.2 Å². The number of amides is 1. The first-order chi connectivity index (χ1) is 11.2. The van der Waals surface area contributed by atoms with Gasteiger partial charge in [-0.15, -0.1) is 0 Å². The lowest BCUT2D eigenvalue weighted by atomic mass is 9.77. The molecule has 5 atom stereocenters. The van der Waals surface area contributed by atoms with Gasteiger partial charge < -0.3 is 14.4 Å². The Morgan fingerprint density at radius 2 is 1.83 bits per heavy atom. The second-order valence-corrected chi connectivity index (χ2v) is 7.18. The van der Waals surface area contributed by atoms with E-state index in [1.807, 2.05) is 0 Å². The summed E-state index contributed by atoms with van der Waals surface area (Å²) in [5.41, 5.74) is 2.58. The summed E-state index contributed by atoms with van der Waals surface area (Å²) >= 11 is 0. The quantitative estimate of drug-likeness (QED) is 0.788. The van der Waals surface area contributed by atoms with E-state index in [-0.39, 0.29) is 12.0 Å². The van der Waals surface area contributed by atoms with Crippen LogP contribution in [0.1, 0.15) is 23.6 Å². The molecule has 0 N–H and O–H groups in total. The molecular formula is C19H21NO3. The maximum Gasteiger partial charge on any atom is 0.227 e. The van der Waals surface area contributed by atoms with E-state index in [4.69, 9.17) is 9.47 Å². The average molecular weight is 311 g/mol. The van der Waals surface area contributed by atoms with Crippen molar-refractivity contribution in [2.45, 2.75) is 18.9 Å². The molecule has 1 aromatic rings. The van der Waals surface area contributed by atoms with Crippen LogP contribution in [0.15, 0.2) is 24.3 Å². The van der Waals surface area contributed by atoms with Gasteiger partial charge in [0.25, 0.3) is 0 Å².